The largest absolute Gasteiger partial charge is 0.296 e. The van der Waals surface area contributed by atoms with Gasteiger partial charge in [-0.3, -0.25) is 4.57 Å². The molecule has 0 saturated carbocycles. The van der Waals surface area contributed by atoms with Crippen LogP contribution in [0, 0.1) is 0 Å². The minimum Gasteiger partial charge on any atom is -0.296 e. The van der Waals surface area contributed by atoms with Crippen molar-refractivity contribution < 1.29 is 0 Å². The highest BCUT2D eigenvalue weighted by Gasteiger charge is 2.22. The van der Waals surface area contributed by atoms with Gasteiger partial charge >= 0.3 is 0 Å². The molecule has 0 atom stereocenters. The van der Waals surface area contributed by atoms with E-state index < -0.39 is 0 Å². The number of imidazole rings is 1. The Morgan fingerprint density at radius 2 is 1.04 bits per heavy atom. The molecule has 1 heterocycles. The van der Waals surface area contributed by atoms with Crippen LogP contribution in [0.5, 0.6) is 0 Å². The van der Waals surface area contributed by atoms with E-state index in [1.54, 1.807) is 0 Å². The SMILES string of the molecule is Bc1c(B)c(B)c(-c2c3ccccc3c(-c3ccc(-n4c(CC)nc5ccccc54)cc3)c3ccc(-c4ccccc4)cc23)c(B)c1B. The van der Waals surface area contributed by atoms with Gasteiger partial charge in [0.2, 0.25) is 0 Å². The molecule has 8 rings (SSSR count). The Labute approximate surface area is 287 Å². The van der Waals surface area contributed by atoms with E-state index in [1.165, 1.54) is 82.2 Å². The third-order valence-corrected chi connectivity index (χ3v) is 10.7. The predicted molar refractivity (Wildman–Crippen MR) is 223 cm³/mol. The number of rotatable bonds is 5. The zero-order chi connectivity index (χ0) is 33.1. The summed E-state index contributed by atoms with van der Waals surface area (Å²) in [6.07, 6.45) is 0.869. The van der Waals surface area contributed by atoms with Gasteiger partial charge in [-0.25, -0.2) is 4.98 Å². The Balaban J connectivity index is 1.44. The summed E-state index contributed by atoms with van der Waals surface area (Å²) in [5.41, 5.74) is 17.8. The van der Waals surface area contributed by atoms with E-state index in [0.29, 0.717) is 0 Å². The molecular weight excluding hydrogens is 575 g/mol. The van der Waals surface area contributed by atoms with Gasteiger partial charge in [0.15, 0.2) is 0 Å². The van der Waals surface area contributed by atoms with Crippen LogP contribution in [0.3, 0.4) is 0 Å². The summed E-state index contributed by atoms with van der Waals surface area (Å²) in [7, 11) is 11.4. The molecule has 0 N–H and O–H groups in total. The maximum absolute atomic E-state index is 4.94. The van der Waals surface area contributed by atoms with Crippen molar-refractivity contribution in [2.24, 2.45) is 0 Å². The molecule has 48 heavy (non-hydrogen) atoms. The van der Waals surface area contributed by atoms with E-state index in [1.807, 2.05) is 0 Å². The second-order valence-corrected chi connectivity index (χ2v) is 13.2. The average molecular weight is 610 g/mol. The summed E-state index contributed by atoms with van der Waals surface area (Å²) in [5, 5.41) is 5.12. The number of fused-ring (bicyclic) bond motifs is 3. The molecule has 2 nitrogen and oxygen atoms in total. The molecule has 0 spiro atoms. The van der Waals surface area contributed by atoms with Crippen molar-refractivity contribution in [1.29, 1.82) is 0 Å². The van der Waals surface area contributed by atoms with Gasteiger partial charge in [0.25, 0.3) is 0 Å². The zero-order valence-corrected chi connectivity index (χ0v) is 28.6. The van der Waals surface area contributed by atoms with Crippen LogP contribution in [0.25, 0.3) is 71.6 Å². The van der Waals surface area contributed by atoms with Gasteiger partial charge in [-0.1, -0.05) is 109 Å². The quantitative estimate of drug-likeness (QED) is 0.216. The number of nitrogens with zero attached hydrogens (tertiary/aromatic N) is 2. The summed E-state index contributed by atoms with van der Waals surface area (Å²) in [6.45, 7) is 2.18. The number of hydrogen-bond donors (Lipinski definition) is 0. The number of hydrogen-bond acceptors (Lipinski definition) is 1. The molecule has 0 amide bonds. The van der Waals surface area contributed by atoms with Gasteiger partial charge in [0.1, 0.15) is 45.1 Å². The fourth-order valence-corrected chi connectivity index (χ4v) is 7.82. The molecule has 7 heteroatoms. The highest BCUT2D eigenvalue weighted by atomic mass is 15.1. The first-order valence-corrected chi connectivity index (χ1v) is 17.1. The summed E-state index contributed by atoms with van der Waals surface area (Å²) >= 11 is 0. The average Bonchev–Trinajstić information content (AvgIpc) is 3.52. The van der Waals surface area contributed by atoms with Gasteiger partial charge in [0.05, 0.1) is 11.0 Å². The summed E-state index contributed by atoms with van der Waals surface area (Å²) in [4.78, 5) is 4.94. The number of para-hydroxylation sites is 2. The molecular formula is C41H35B5N2. The lowest BCUT2D eigenvalue weighted by atomic mass is 9.59. The van der Waals surface area contributed by atoms with Crippen LogP contribution in [0.15, 0.2) is 121 Å². The van der Waals surface area contributed by atoms with Crippen LogP contribution in [-0.4, -0.2) is 48.8 Å². The van der Waals surface area contributed by atoms with Crippen molar-refractivity contribution in [2.45, 2.75) is 13.3 Å². The van der Waals surface area contributed by atoms with Gasteiger partial charge in [-0.2, -0.15) is 0 Å². The highest BCUT2D eigenvalue weighted by molar-refractivity contribution is 6.69. The first-order valence-electron chi connectivity index (χ1n) is 17.1. The summed E-state index contributed by atoms with van der Waals surface area (Å²) in [5.74, 6) is 1.08. The van der Waals surface area contributed by atoms with Crippen LogP contribution >= 0.6 is 0 Å². The van der Waals surface area contributed by atoms with Crippen molar-refractivity contribution in [3.63, 3.8) is 0 Å². The van der Waals surface area contributed by atoms with Crippen LogP contribution < -0.4 is 27.3 Å². The normalized spacial score (nSPS) is 11.5. The Kier molecular flexibility index (Phi) is 7.44. The van der Waals surface area contributed by atoms with E-state index in [-0.39, 0.29) is 0 Å². The molecule has 0 radical (unpaired) electrons. The Hall–Kier alpha value is -5.15. The van der Waals surface area contributed by atoms with E-state index in [4.69, 9.17) is 4.98 Å². The number of aryl methyl sites for hydroxylation is 1. The smallest absolute Gasteiger partial charge is 0.139 e. The van der Waals surface area contributed by atoms with E-state index in [0.717, 1.165) is 29.0 Å². The Bertz CT molecular complexity index is 2510. The zero-order valence-electron chi connectivity index (χ0n) is 28.6. The van der Waals surface area contributed by atoms with E-state index >= 15 is 0 Å². The third-order valence-electron chi connectivity index (χ3n) is 10.7. The molecule has 0 aliphatic rings. The standard InChI is InChI=1S/C41H35B5N2/c1-2-33-47-31-14-8-9-15-32(31)48(33)26-19-16-24(17-20-26)34-27-12-6-7-13-28(27)35(36-37(42)39(44)41(46)40(45)38(36)43)30-22-25(18-21-29(30)34)23-10-4-3-5-11-23/h3-22H,2,42-46H2,1H3. The van der Waals surface area contributed by atoms with E-state index in [2.05, 4.69) is 172 Å². The van der Waals surface area contributed by atoms with Crippen molar-refractivity contribution in [3.05, 3.63) is 127 Å². The number of benzene rings is 7. The van der Waals surface area contributed by atoms with Crippen LogP contribution in [0.4, 0.5) is 0 Å². The minimum absolute atomic E-state index is 0.869. The lowest BCUT2D eigenvalue weighted by molar-refractivity contribution is 0.908. The van der Waals surface area contributed by atoms with Crippen LogP contribution in [-0.2, 0) is 6.42 Å². The topological polar surface area (TPSA) is 17.8 Å². The van der Waals surface area contributed by atoms with Gasteiger partial charge < -0.3 is 0 Å². The second kappa shape index (κ2) is 11.8. The summed E-state index contributed by atoms with van der Waals surface area (Å²) in [6, 6.07) is 44.4. The molecule has 0 saturated heterocycles. The van der Waals surface area contributed by atoms with E-state index in [9.17, 15) is 0 Å². The summed E-state index contributed by atoms with van der Waals surface area (Å²) < 4.78 is 2.30. The molecule has 0 bridgehead atoms. The van der Waals surface area contributed by atoms with Crippen molar-refractivity contribution in [3.8, 4) is 39.1 Å². The Morgan fingerprint density at radius 3 is 1.73 bits per heavy atom. The fraction of sp³-hybridized carbons (Fsp3) is 0.0488. The third kappa shape index (κ3) is 4.67. The molecule has 0 fully saturated rings. The molecule has 224 valence electrons. The molecule has 7 aromatic carbocycles. The monoisotopic (exact) mass is 610 g/mol. The van der Waals surface area contributed by atoms with Crippen LogP contribution in [0.2, 0.25) is 0 Å². The molecule has 8 aromatic rings. The molecule has 0 aliphatic heterocycles. The first-order chi connectivity index (χ1) is 23.4. The maximum Gasteiger partial charge on any atom is 0.139 e. The molecule has 1 aromatic heterocycles. The van der Waals surface area contributed by atoms with Gasteiger partial charge in [-0.15, -0.1) is 16.4 Å². The van der Waals surface area contributed by atoms with Gasteiger partial charge in [0, 0.05) is 12.1 Å². The van der Waals surface area contributed by atoms with Crippen molar-refractivity contribution in [2.75, 3.05) is 0 Å². The van der Waals surface area contributed by atoms with Gasteiger partial charge in [-0.05, 0) is 85.3 Å². The fourth-order valence-electron chi connectivity index (χ4n) is 7.82. The van der Waals surface area contributed by atoms with Crippen molar-refractivity contribution in [1.82, 2.24) is 9.55 Å². The Morgan fingerprint density at radius 1 is 0.479 bits per heavy atom. The highest BCUT2D eigenvalue weighted by Crippen LogP contribution is 2.44. The first kappa shape index (κ1) is 30.2. The maximum atomic E-state index is 4.94. The molecule has 0 unspecified atom stereocenters. The predicted octanol–water partition coefficient (Wildman–Crippen LogP) is 2.19. The lowest BCUT2D eigenvalue weighted by Crippen LogP contribution is -2.55. The minimum atomic E-state index is 0.869. The second-order valence-electron chi connectivity index (χ2n) is 13.2. The van der Waals surface area contributed by atoms with Crippen LogP contribution in [0.1, 0.15) is 12.7 Å². The van der Waals surface area contributed by atoms with Crippen molar-refractivity contribution >= 4 is 99.1 Å². The lowest BCUT2D eigenvalue weighted by Gasteiger charge is -2.25. The number of aromatic nitrogens is 2. The molecule has 0 aliphatic carbocycles.